The third kappa shape index (κ3) is 3.92. The van der Waals surface area contributed by atoms with Crippen LogP contribution in [-0.4, -0.2) is 29.7 Å². The van der Waals surface area contributed by atoms with Gasteiger partial charge >= 0.3 is 0 Å². The lowest BCUT2D eigenvalue weighted by molar-refractivity contribution is 0.579. The van der Waals surface area contributed by atoms with Crippen molar-refractivity contribution < 1.29 is 8.78 Å². The SMILES string of the molecule is CC(CCl)=NNC1=Nc2ccc(Cl)cc2C(c2c(F)cccc2F)=NC1. The van der Waals surface area contributed by atoms with Crippen molar-refractivity contribution in [2.24, 2.45) is 15.1 Å². The van der Waals surface area contributed by atoms with Gasteiger partial charge in [0.2, 0.25) is 0 Å². The Labute approximate surface area is 159 Å². The molecule has 1 aliphatic heterocycles. The van der Waals surface area contributed by atoms with E-state index in [-0.39, 0.29) is 23.7 Å². The molecule has 1 heterocycles. The van der Waals surface area contributed by atoms with Crippen LogP contribution in [0.2, 0.25) is 5.02 Å². The van der Waals surface area contributed by atoms with Gasteiger partial charge in [-0.3, -0.25) is 10.4 Å². The topological polar surface area (TPSA) is 49.1 Å². The number of nitrogens with one attached hydrogen (secondary N) is 1. The van der Waals surface area contributed by atoms with Gasteiger partial charge in [-0.15, -0.1) is 11.6 Å². The van der Waals surface area contributed by atoms with Crippen molar-refractivity contribution in [1.82, 2.24) is 5.43 Å². The Hall–Kier alpha value is -2.31. The smallest absolute Gasteiger partial charge is 0.144 e. The zero-order valence-electron chi connectivity index (χ0n) is 13.7. The van der Waals surface area contributed by atoms with E-state index < -0.39 is 11.6 Å². The molecule has 0 fully saturated rings. The van der Waals surface area contributed by atoms with E-state index in [1.54, 1.807) is 25.1 Å². The van der Waals surface area contributed by atoms with E-state index in [0.717, 1.165) is 0 Å². The highest BCUT2D eigenvalue weighted by Crippen LogP contribution is 2.29. The summed E-state index contributed by atoms with van der Waals surface area (Å²) in [6.45, 7) is 1.82. The Kier molecular flexibility index (Phi) is 5.64. The molecule has 0 aliphatic carbocycles. The molecular formula is C18H14Cl2F2N4. The highest BCUT2D eigenvalue weighted by atomic mass is 35.5. The van der Waals surface area contributed by atoms with Crippen molar-refractivity contribution in [3.05, 3.63) is 64.2 Å². The van der Waals surface area contributed by atoms with Crippen LogP contribution in [0.5, 0.6) is 0 Å². The van der Waals surface area contributed by atoms with Crippen molar-refractivity contribution >= 4 is 46.1 Å². The lowest BCUT2D eigenvalue weighted by Gasteiger charge is -2.10. The average Bonchev–Trinajstić information content (AvgIpc) is 2.79. The fourth-order valence-corrected chi connectivity index (χ4v) is 2.64. The Morgan fingerprint density at radius 2 is 1.96 bits per heavy atom. The van der Waals surface area contributed by atoms with Crippen LogP contribution in [0, 0.1) is 11.6 Å². The minimum atomic E-state index is -0.706. The van der Waals surface area contributed by atoms with Gasteiger partial charge in [-0.1, -0.05) is 17.7 Å². The maximum absolute atomic E-state index is 14.3. The molecule has 0 saturated heterocycles. The van der Waals surface area contributed by atoms with Crippen molar-refractivity contribution in [3.63, 3.8) is 0 Å². The van der Waals surface area contributed by atoms with Crippen LogP contribution in [0.25, 0.3) is 0 Å². The van der Waals surface area contributed by atoms with Gasteiger partial charge in [0.05, 0.1) is 29.4 Å². The molecule has 0 amide bonds. The molecule has 2 aromatic carbocycles. The number of hydrogen-bond acceptors (Lipinski definition) is 4. The summed E-state index contributed by atoms with van der Waals surface area (Å²) < 4.78 is 28.6. The average molecular weight is 395 g/mol. The van der Waals surface area contributed by atoms with Crippen LogP contribution >= 0.6 is 23.2 Å². The summed E-state index contributed by atoms with van der Waals surface area (Å²) in [7, 11) is 0. The van der Waals surface area contributed by atoms with E-state index >= 15 is 0 Å². The number of rotatable bonds is 3. The summed E-state index contributed by atoms with van der Waals surface area (Å²) in [5, 5.41) is 4.50. The zero-order chi connectivity index (χ0) is 18.7. The van der Waals surface area contributed by atoms with Crippen LogP contribution in [-0.2, 0) is 0 Å². The Morgan fingerprint density at radius 1 is 1.23 bits per heavy atom. The first-order valence-electron chi connectivity index (χ1n) is 7.71. The second-order valence-corrected chi connectivity index (χ2v) is 6.28. The van der Waals surface area contributed by atoms with Gasteiger partial charge < -0.3 is 0 Å². The van der Waals surface area contributed by atoms with Crippen LogP contribution in [0.15, 0.2) is 51.5 Å². The molecule has 1 N–H and O–H groups in total. The monoisotopic (exact) mass is 394 g/mol. The molecule has 0 unspecified atom stereocenters. The van der Waals surface area contributed by atoms with E-state index in [2.05, 4.69) is 20.5 Å². The Morgan fingerprint density at radius 3 is 2.65 bits per heavy atom. The number of hydrazone groups is 1. The van der Waals surface area contributed by atoms with Gasteiger partial charge in [-0.05, 0) is 37.3 Å². The van der Waals surface area contributed by atoms with Gasteiger partial charge in [-0.25, -0.2) is 13.8 Å². The molecule has 1 aliphatic rings. The minimum Gasteiger partial charge on any atom is -0.276 e. The third-order valence-corrected chi connectivity index (χ3v) is 4.25. The van der Waals surface area contributed by atoms with Crippen molar-refractivity contribution in [2.45, 2.75) is 6.92 Å². The van der Waals surface area contributed by atoms with Crippen LogP contribution in [0.1, 0.15) is 18.1 Å². The molecule has 4 nitrogen and oxygen atoms in total. The lowest BCUT2D eigenvalue weighted by Crippen LogP contribution is -2.22. The normalized spacial score (nSPS) is 14.3. The van der Waals surface area contributed by atoms with Crippen molar-refractivity contribution in [3.8, 4) is 0 Å². The summed E-state index contributed by atoms with van der Waals surface area (Å²) in [6, 6.07) is 8.57. The molecule has 8 heteroatoms. The highest BCUT2D eigenvalue weighted by Gasteiger charge is 2.22. The Balaban J connectivity index is 2.12. The minimum absolute atomic E-state index is 0.0640. The van der Waals surface area contributed by atoms with Crippen LogP contribution in [0.4, 0.5) is 14.5 Å². The van der Waals surface area contributed by atoms with Gasteiger partial charge in [0, 0.05) is 16.3 Å². The van der Waals surface area contributed by atoms with Crippen molar-refractivity contribution in [1.29, 1.82) is 0 Å². The maximum atomic E-state index is 14.3. The number of aliphatic imine (C=N–C) groups is 2. The molecule has 3 rings (SSSR count). The summed E-state index contributed by atoms with van der Waals surface area (Å²) in [5.41, 5.74) is 4.32. The first kappa shape index (κ1) is 18.5. The number of benzene rings is 2. The maximum Gasteiger partial charge on any atom is 0.144 e. The molecule has 0 bridgehead atoms. The number of nitrogens with zero attached hydrogens (tertiary/aromatic N) is 3. The second kappa shape index (κ2) is 7.93. The largest absolute Gasteiger partial charge is 0.276 e. The van der Waals surface area contributed by atoms with Gasteiger partial charge in [-0.2, -0.15) is 5.10 Å². The van der Waals surface area contributed by atoms with Crippen molar-refractivity contribution in [2.75, 3.05) is 12.4 Å². The summed E-state index contributed by atoms with van der Waals surface area (Å²) in [6.07, 6.45) is 0. The number of fused-ring (bicyclic) bond motifs is 1. The van der Waals surface area contributed by atoms with Crippen LogP contribution < -0.4 is 5.43 Å². The molecule has 0 radical (unpaired) electrons. The quantitative estimate of drug-likeness (QED) is 0.457. The molecule has 0 aromatic heterocycles. The molecular weight excluding hydrogens is 381 g/mol. The summed E-state index contributed by atoms with van der Waals surface area (Å²) in [4.78, 5) is 8.82. The predicted molar refractivity (Wildman–Crippen MR) is 102 cm³/mol. The van der Waals surface area contributed by atoms with Gasteiger partial charge in [0.15, 0.2) is 0 Å². The van der Waals surface area contributed by atoms with Crippen LogP contribution in [0.3, 0.4) is 0 Å². The molecule has 0 spiro atoms. The molecule has 134 valence electrons. The highest BCUT2D eigenvalue weighted by molar-refractivity contribution is 6.31. The zero-order valence-corrected chi connectivity index (χ0v) is 15.2. The molecule has 26 heavy (non-hydrogen) atoms. The fourth-order valence-electron chi connectivity index (χ4n) is 2.40. The number of alkyl halides is 1. The number of halogens is 4. The Bertz CT molecular complexity index is 919. The standard InChI is InChI=1S/C18H14Cl2F2N4/c1-10(8-19)25-26-16-9-23-18(17-13(21)3-2-4-14(17)22)12-7-11(20)5-6-15(12)24-16/h2-7H,8-9H2,1H3,(H,24,26). The number of amidine groups is 1. The summed E-state index contributed by atoms with van der Waals surface area (Å²) in [5.74, 6) is -0.726. The first-order chi connectivity index (χ1) is 12.5. The fraction of sp³-hybridized carbons (Fsp3) is 0.167. The first-order valence-corrected chi connectivity index (χ1v) is 8.62. The predicted octanol–water partition coefficient (Wildman–Crippen LogP) is 4.70. The van der Waals surface area contributed by atoms with E-state index in [9.17, 15) is 8.78 Å². The van der Waals surface area contributed by atoms with E-state index in [4.69, 9.17) is 23.2 Å². The van der Waals surface area contributed by atoms with E-state index in [1.807, 2.05) is 0 Å². The van der Waals surface area contributed by atoms with Gasteiger partial charge in [0.1, 0.15) is 17.5 Å². The van der Waals surface area contributed by atoms with E-state index in [0.29, 0.717) is 27.8 Å². The third-order valence-electron chi connectivity index (χ3n) is 3.62. The van der Waals surface area contributed by atoms with Gasteiger partial charge in [0.25, 0.3) is 0 Å². The second-order valence-electron chi connectivity index (χ2n) is 5.57. The lowest BCUT2D eigenvalue weighted by atomic mass is 9.99. The van der Waals surface area contributed by atoms with E-state index in [1.165, 1.54) is 18.2 Å². The summed E-state index contributed by atoms with van der Waals surface area (Å²) >= 11 is 11.8. The molecule has 0 saturated carbocycles. The molecule has 2 aromatic rings. The number of hydrogen-bond donors (Lipinski definition) is 1. The molecule has 0 atom stereocenters.